The van der Waals surface area contributed by atoms with Crippen molar-refractivity contribution in [3.63, 3.8) is 0 Å². The Kier molecular flexibility index (Phi) is 4.21. The molecule has 0 saturated carbocycles. The highest BCUT2D eigenvalue weighted by atomic mass is 16.4. The number of benzene rings is 2. The van der Waals surface area contributed by atoms with E-state index in [0.29, 0.717) is 29.5 Å². The van der Waals surface area contributed by atoms with Crippen molar-refractivity contribution in [2.24, 2.45) is 0 Å². The van der Waals surface area contributed by atoms with E-state index in [1.54, 1.807) is 36.4 Å². The predicted octanol–water partition coefficient (Wildman–Crippen LogP) is 3.99. The number of carboxylic acid groups (broad SMARTS) is 2. The summed E-state index contributed by atoms with van der Waals surface area (Å²) in [6.45, 7) is 3.93. The summed E-state index contributed by atoms with van der Waals surface area (Å²) in [6.07, 6.45) is 1.28. The van der Waals surface area contributed by atoms with Crippen LogP contribution in [0.3, 0.4) is 0 Å². The highest BCUT2D eigenvalue weighted by Gasteiger charge is 2.57. The van der Waals surface area contributed by atoms with Crippen LogP contribution >= 0.6 is 0 Å². The van der Waals surface area contributed by atoms with Crippen LogP contribution in [0.15, 0.2) is 48.5 Å². The number of hydrogen-bond acceptors (Lipinski definition) is 2. The fourth-order valence-electron chi connectivity index (χ4n) is 3.93. The van der Waals surface area contributed by atoms with E-state index < -0.39 is 17.4 Å². The van der Waals surface area contributed by atoms with E-state index >= 15 is 0 Å². The van der Waals surface area contributed by atoms with Gasteiger partial charge in [0.15, 0.2) is 0 Å². The molecule has 2 aromatic rings. The Morgan fingerprint density at radius 1 is 0.880 bits per heavy atom. The molecule has 0 amide bonds. The molecule has 4 nitrogen and oxygen atoms in total. The van der Waals surface area contributed by atoms with Gasteiger partial charge in [0.25, 0.3) is 0 Å². The molecule has 0 unspecified atom stereocenters. The lowest BCUT2D eigenvalue weighted by molar-refractivity contribution is -0.153. The minimum Gasteiger partial charge on any atom is -0.480 e. The molecule has 0 bridgehead atoms. The van der Waals surface area contributed by atoms with Gasteiger partial charge in [0.05, 0.1) is 0 Å². The lowest BCUT2D eigenvalue weighted by atomic mass is 9.74. The molecule has 128 valence electrons. The van der Waals surface area contributed by atoms with Crippen LogP contribution < -0.4 is 0 Å². The van der Waals surface area contributed by atoms with Gasteiger partial charge >= 0.3 is 11.9 Å². The number of aliphatic carboxylic acids is 2. The van der Waals surface area contributed by atoms with E-state index in [-0.39, 0.29) is 0 Å². The minimum atomic E-state index is -2.08. The van der Waals surface area contributed by atoms with E-state index in [0.717, 1.165) is 16.7 Å². The van der Waals surface area contributed by atoms with Gasteiger partial charge in [-0.05, 0) is 46.2 Å². The summed E-state index contributed by atoms with van der Waals surface area (Å²) in [5.74, 6) is -2.70. The fourth-order valence-corrected chi connectivity index (χ4v) is 3.93. The van der Waals surface area contributed by atoms with Crippen molar-refractivity contribution in [1.82, 2.24) is 0 Å². The van der Waals surface area contributed by atoms with E-state index in [4.69, 9.17) is 0 Å². The molecule has 0 saturated heterocycles. The summed E-state index contributed by atoms with van der Waals surface area (Å²) < 4.78 is 0. The standard InChI is InChI=1S/C21H20O4/c1-3-13-11-8-12-16-17(13)15(4-2)18(14-9-6-5-7-10-14)21(16,19(22)23)20(24)25/h5-12H,3-4H2,1-2H3,(H,22,23)(H,24,25). The zero-order valence-electron chi connectivity index (χ0n) is 14.2. The van der Waals surface area contributed by atoms with Gasteiger partial charge in [-0.2, -0.15) is 0 Å². The number of fused-ring (bicyclic) bond motifs is 1. The second kappa shape index (κ2) is 6.20. The van der Waals surface area contributed by atoms with Gasteiger partial charge in [0, 0.05) is 0 Å². The number of aryl methyl sites for hydroxylation is 1. The number of rotatable bonds is 5. The third kappa shape index (κ3) is 2.21. The molecule has 0 heterocycles. The molecule has 1 aliphatic carbocycles. The Balaban J connectivity index is 2.51. The van der Waals surface area contributed by atoms with Crippen molar-refractivity contribution in [3.8, 4) is 0 Å². The van der Waals surface area contributed by atoms with Crippen LogP contribution in [0, 0.1) is 0 Å². The Labute approximate surface area is 146 Å². The van der Waals surface area contributed by atoms with Crippen LogP contribution in [0.1, 0.15) is 42.5 Å². The monoisotopic (exact) mass is 336 g/mol. The van der Waals surface area contributed by atoms with Gasteiger partial charge in [-0.1, -0.05) is 62.4 Å². The van der Waals surface area contributed by atoms with E-state index in [1.807, 2.05) is 26.0 Å². The average Bonchev–Trinajstić information content (AvgIpc) is 2.93. The maximum Gasteiger partial charge on any atom is 0.330 e. The number of carbonyl (C=O) groups is 2. The zero-order valence-corrected chi connectivity index (χ0v) is 14.2. The molecular formula is C21H20O4. The highest BCUT2D eigenvalue weighted by Crippen LogP contribution is 2.53. The first-order chi connectivity index (χ1) is 12.0. The van der Waals surface area contributed by atoms with Crippen molar-refractivity contribution >= 4 is 23.1 Å². The van der Waals surface area contributed by atoms with E-state index in [9.17, 15) is 19.8 Å². The van der Waals surface area contributed by atoms with Gasteiger partial charge < -0.3 is 10.2 Å². The molecular weight excluding hydrogens is 316 g/mol. The maximum atomic E-state index is 12.4. The molecule has 2 N–H and O–H groups in total. The molecule has 0 atom stereocenters. The topological polar surface area (TPSA) is 74.6 Å². The molecule has 0 aliphatic heterocycles. The summed E-state index contributed by atoms with van der Waals surface area (Å²) in [5.41, 5.74) is 1.89. The largest absolute Gasteiger partial charge is 0.480 e. The van der Waals surface area contributed by atoms with Crippen LogP contribution in [-0.2, 0) is 21.4 Å². The van der Waals surface area contributed by atoms with Gasteiger partial charge in [-0.25, -0.2) is 0 Å². The summed E-state index contributed by atoms with van der Waals surface area (Å²) in [5, 5.41) is 20.1. The Morgan fingerprint density at radius 2 is 1.52 bits per heavy atom. The lowest BCUT2D eigenvalue weighted by Gasteiger charge is -2.25. The van der Waals surface area contributed by atoms with Gasteiger partial charge in [0.2, 0.25) is 5.41 Å². The Bertz CT molecular complexity index is 864. The SMILES string of the molecule is CCC1=C(c2ccccc2)C(C(=O)O)(C(=O)O)c2cccc(CC)c21. The van der Waals surface area contributed by atoms with Crippen LogP contribution in [0.2, 0.25) is 0 Å². The Hall–Kier alpha value is -2.88. The number of allylic oxidation sites excluding steroid dienone is 1. The average molecular weight is 336 g/mol. The minimum absolute atomic E-state index is 0.363. The quantitative estimate of drug-likeness (QED) is 0.810. The van der Waals surface area contributed by atoms with Crippen molar-refractivity contribution in [2.45, 2.75) is 32.1 Å². The predicted molar refractivity (Wildman–Crippen MR) is 96.3 cm³/mol. The molecule has 25 heavy (non-hydrogen) atoms. The van der Waals surface area contributed by atoms with Crippen molar-refractivity contribution in [2.75, 3.05) is 0 Å². The zero-order chi connectivity index (χ0) is 18.2. The molecule has 0 radical (unpaired) electrons. The fraction of sp³-hybridized carbons (Fsp3) is 0.238. The maximum absolute atomic E-state index is 12.4. The smallest absolute Gasteiger partial charge is 0.330 e. The lowest BCUT2D eigenvalue weighted by Crippen LogP contribution is -2.43. The van der Waals surface area contributed by atoms with Crippen molar-refractivity contribution < 1.29 is 19.8 Å². The van der Waals surface area contributed by atoms with Crippen LogP contribution in [0.25, 0.3) is 11.1 Å². The van der Waals surface area contributed by atoms with Crippen LogP contribution in [0.5, 0.6) is 0 Å². The summed E-state index contributed by atoms with van der Waals surface area (Å²) in [6, 6.07) is 14.3. The first-order valence-corrected chi connectivity index (χ1v) is 8.38. The van der Waals surface area contributed by atoms with Crippen LogP contribution in [0.4, 0.5) is 0 Å². The van der Waals surface area contributed by atoms with E-state index in [1.165, 1.54) is 0 Å². The summed E-state index contributed by atoms with van der Waals surface area (Å²) in [4.78, 5) is 24.7. The second-order valence-corrected chi connectivity index (χ2v) is 6.13. The third-order valence-corrected chi connectivity index (χ3v) is 4.97. The molecule has 0 spiro atoms. The molecule has 2 aromatic carbocycles. The van der Waals surface area contributed by atoms with Crippen molar-refractivity contribution in [3.05, 3.63) is 70.8 Å². The van der Waals surface area contributed by atoms with E-state index in [2.05, 4.69) is 0 Å². The van der Waals surface area contributed by atoms with Gasteiger partial charge in [0.1, 0.15) is 0 Å². The molecule has 0 aromatic heterocycles. The first-order valence-electron chi connectivity index (χ1n) is 8.38. The molecule has 4 heteroatoms. The third-order valence-electron chi connectivity index (χ3n) is 4.97. The summed E-state index contributed by atoms with van der Waals surface area (Å²) in [7, 11) is 0. The van der Waals surface area contributed by atoms with Crippen molar-refractivity contribution in [1.29, 1.82) is 0 Å². The highest BCUT2D eigenvalue weighted by molar-refractivity contribution is 6.25. The normalized spacial score (nSPS) is 15.1. The van der Waals surface area contributed by atoms with Gasteiger partial charge in [-0.15, -0.1) is 0 Å². The Morgan fingerprint density at radius 3 is 2.04 bits per heavy atom. The van der Waals surface area contributed by atoms with Crippen LogP contribution in [-0.4, -0.2) is 22.2 Å². The van der Waals surface area contributed by atoms with Gasteiger partial charge in [-0.3, -0.25) is 9.59 Å². The first kappa shape index (κ1) is 17.0. The summed E-state index contributed by atoms with van der Waals surface area (Å²) >= 11 is 0. The molecule has 0 fully saturated rings. The number of carboxylic acids is 2. The molecule has 1 aliphatic rings. The second-order valence-electron chi connectivity index (χ2n) is 6.13. The molecule has 3 rings (SSSR count). The number of hydrogen-bond donors (Lipinski definition) is 2.